The summed E-state index contributed by atoms with van der Waals surface area (Å²) in [5, 5.41) is 12.1. The van der Waals surface area contributed by atoms with Gasteiger partial charge in [0, 0.05) is 33.2 Å². The van der Waals surface area contributed by atoms with E-state index in [0.29, 0.717) is 17.5 Å². The predicted molar refractivity (Wildman–Crippen MR) is 246 cm³/mol. The molecular weight excluding hydrogens is 717 g/mol. The van der Waals surface area contributed by atoms with Crippen molar-refractivity contribution < 1.29 is 0 Å². The van der Waals surface area contributed by atoms with Crippen LogP contribution in [0.2, 0.25) is 0 Å². The molecule has 4 heteroatoms. The van der Waals surface area contributed by atoms with Crippen LogP contribution in [-0.2, 0) is 0 Å². The molecule has 0 N–H and O–H groups in total. The zero-order valence-electron chi connectivity index (χ0n) is 31.9. The van der Waals surface area contributed by atoms with Crippen molar-refractivity contribution in [1.82, 2.24) is 19.5 Å². The zero-order chi connectivity index (χ0) is 38.9. The molecule has 0 unspecified atom stereocenters. The molecule has 2 aromatic heterocycles. The Hall–Kier alpha value is -7.95. The van der Waals surface area contributed by atoms with E-state index in [1.54, 1.807) is 0 Å². The minimum atomic E-state index is 0.639. The Morgan fingerprint density at radius 3 is 1.58 bits per heavy atom. The molecule has 0 aliphatic heterocycles. The first-order valence-corrected chi connectivity index (χ1v) is 20.0. The lowest BCUT2D eigenvalue weighted by Crippen LogP contribution is -2.00. The Morgan fingerprint density at radius 1 is 0.288 bits per heavy atom. The van der Waals surface area contributed by atoms with Crippen molar-refractivity contribution in [3.8, 4) is 51.0 Å². The summed E-state index contributed by atoms with van der Waals surface area (Å²) in [6, 6.07) is 73.6. The highest BCUT2D eigenvalue weighted by Gasteiger charge is 2.19. The van der Waals surface area contributed by atoms with Crippen LogP contribution in [0, 0.1) is 0 Å². The standard InChI is InChI=1S/C55H34N4/c1-3-15-36(16-4-1)53-56-54(37-17-5-2-6-18-37)58-55(57-53)40-28-30-45-43-20-9-10-21-44(43)48-24-13-23-42(52(48)49(45)33-40)39-27-31-47-46-22-11-12-25-50(46)59(51(47)34-39)41-29-26-35-14-7-8-19-38(35)32-41/h1-34H. The second-order valence-electron chi connectivity index (χ2n) is 15.2. The third-order valence-electron chi connectivity index (χ3n) is 11.8. The fourth-order valence-corrected chi connectivity index (χ4v) is 9.06. The SMILES string of the molecule is c1ccc(-c2nc(-c3ccccc3)nc(-c3ccc4c5ccccc5c5cccc(-c6ccc7c8ccccc8n(-c8ccc9ccccc9c8)c7c6)c5c4c3)n2)cc1. The zero-order valence-corrected chi connectivity index (χ0v) is 31.9. The first-order chi connectivity index (χ1) is 29.2. The Bertz CT molecular complexity index is 3550. The summed E-state index contributed by atoms with van der Waals surface area (Å²) in [5.74, 6) is 1.93. The number of hydrogen-bond donors (Lipinski definition) is 0. The van der Waals surface area contributed by atoms with E-state index in [2.05, 4.69) is 174 Å². The van der Waals surface area contributed by atoms with E-state index in [-0.39, 0.29) is 0 Å². The molecule has 0 atom stereocenters. The largest absolute Gasteiger partial charge is 0.309 e. The topological polar surface area (TPSA) is 43.6 Å². The number of aromatic nitrogens is 4. The van der Waals surface area contributed by atoms with Crippen LogP contribution in [0.5, 0.6) is 0 Å². The second-order valence-corrected chi connectivity index (χ2v) is 15.2. The van der Waals surface area contributed by atoms with Crippen molar-refractivity contribution >= 4 is 64.9 Å². The summed E-state index contributed by atoms with van der Waals surface area (Å²) >= 11 is 0. The number of nitrogens with zero attached hydrogens (tertiary/aromatic N) is 4. The van der Waals surface area contributed by atoms with E-state index in [1.165, 1.54) is 65.1 Å². The van der Waals surface area contributed by atoms with Gasteiger partial charge in [-0.05, 0) is 84.5 Å². The van der Waals surface area contributed by atoms with Gasteiger partial charge in [-0.15, -0.1) is 0 Å². The monoisotopic (exact) mass is 750 g/mol. The molecule has 0 saturated carbocycles. The van der Waals surface area contributed by atoms with Crippen molar-refractivity contribution in [1.29, 1.82) is 0 Å². The maximum absolute atomic E-state index is 5.12. The van der Waals surface area contributed by atoms with Crippen LogP contribution >= 0.6 is 0 Å². The summed E-state index contributed by atoms with van der Waals surface area (Å²) in [4.78, 5) is 15.2. The van der Waals surface area contributed by atoms with Gasteiger partial charge in [0.15, 0.2) is 17.5 Å². The molecule has 274 valence electrons. The molecule has 0 spiro atoms. The maximum atomic E-state index is 5.12. The highest BCUT2D eigenvalue weighted by atomic mass is 15.0. The van der Waals surface area contributed by atoms with E-state index in [0.717, 1.165) is 33.3 Å². The Kier molecular flexibility index (Phi) is 7.50. The van der Waals surface area contributed by atoms with E-state index in [9.17, 15) is 0 Å². The lowest BCUT2D eigenvalue weighted by molar-refractivity contribution is 1.07. The maximum Gasteiger partial charge on any atom is 0.164 e. The average Bonchev–Trinajstić information content (AvgIpc) is 3.65. The summed E-state index contributed by atoms with van der Waals surface area (Å²) in [6.45, 7) is 0. The van der Waals surface area contributed by atoms with Gasteiger partial charge in [0.25, 0.3) is 0 Å². The summed E-state index contributed by atoms with van der Waals surface area (Å²) in [6.07, 6.45) is 0. The number of rotatable bonds is 5. The molecule has 0 aliphatic rings. The normalized spacial score (nSPS) is 11.7. The van der Waals surface area contributed by atoms with Gasteiger partial charge in [0.05, 0.1) is 11.0 Å². The van der Waals surface area contributed by atoms with Crippen molar-refractivity contribution in [3.05, 3.63) is 206 Å². The van der Waals surface area contributed by atoms with Crippen LogP contribution in [0.1, 0.15) is 0 Å². The quantitative estimate of drug-likeness (QED) is 0.165. The van der Waals surface area contributed by atoms with Gasteiger partial charge in [0.2, 0.25) is 0 Å². The second kappa shape index (κ2) is 13.3. The minimum Gasteiger partial charge on any atom is -0.309 e. The van der Waals surface area contributed by atoms with E-state index >= 15 is 0 Å². The van der Waals surface area contributed by atoms with Gasteiger partial charge >= 0.3 is 0 Å². The smallest absolute Gasteiger partial charge is 0.164 e. The highest BCUT2D eigenvalue weighted by molar-refractivity contribution is 6.29. The van der Waals surface area contributed by atoms with Crippen molar-refractivity contribution in [3.63, 3.8) is 0 Å². The van der Waals surface area contributed by atoms with Gasteiger partial charge in [-0.25, -0.2) is 15.0 Å². The van der Waals surface area contributed by atoms with Crippen LogP contribution in [0.15, 0.2) is 206 Å². The average molecular weight is 751 g/mol. The van der Waals surface area contributed by atoms with E-state index in [4.69, 9.17) is 15.0 Å². The Morgan fingerprint density at radius 2 is 0.831 bits per heavy atom. The fourth-order valence-electron chi connectivity index (χ4n) is 9.06. The molecule has 0 amide bonds. The molecular formula is C55H34N4. The molecule has 0 aliphatic carbocycles. The van der Waals surface area contributed by atoms with Crippen molar-refractivity contribution in [2.24, 2.45) is 0 Å². The van der Waals surface area contributed by atoms with Crippen LogP contribution < -0.4 is 0 Å². The third kappa shape index (κ3) is 5.42. The fraction of sp³-hybridized carbons (Fsp3) is 0. The summed E-state index contributed by atoms with van der Waals surface area (Å²) in [7, 11) is 0. The minimum absolute atomic E-state index is 0.639. The van der Waals surface area contributed by atoms with Gasteiger partial charge < -0.3 is 4.57 Å². The number of benzene rings is 10. The number of fused-ring (bicyclic) bond motifs is 10. The van der Waals surface area contributed by atoms with Gasteiger partial charge in [-0.1, -0.05) is 176 Å². The first kappa shape index (κ1) is 33.2. The third-order valence-corrected chi connectivity index (χ3v) is 11.8. The lowest BCUT2D eigenvalue weighted by Gasteiger charge is -2.16. The first-order valence-electron chi connectivity index (χ1n) is 20.0. The molecule has 59 heavy (non-hydrogen) atoms. The summed E-state index contributed by atoms with van der Waals surface area (Å²) in [5.41, 5.74) is 8.69. The van der Waals surface area contributed by atoms with E-state index in [1.807, 2.05) is 36.4 Å². The molecule has 0 radical (unpaired) electrons. The van der Waals surface area contributed by atoms with E-state index < -0.39 is 0 Å². The number of para-hydroxylation sites is 1. The Balaban J connectivity index is 1.12. The molecule has 2 heterocycles. The van der Waals surface area contributed by atoms with Gasteiger partial charge in [-0.3, -0.25) is 0 Å². The van der Waals surface area contributed by atoms with Crippen molar-refractivity contribution in [2.75, 3.05) is 0 Å². The molecule has 4 nitrogen and oxygen atoms in total. The van der Waals surface area contributed by atoms with Crippen molar-refractivity contribution in [2.45, 2.75) is 0 Å². The number of hydrogen-bond acceptors (Lipinski definition) is 3. The molecule has 10 aromatic carbocycles. The summed E-state index contributed by atoms with van der Waals surface area (Å²) < 4.78 is 2.42. The molecule has 12 aromatic rings. The lowest BCUT2D eigenvalue weighted by atomic mass is 9.88. The predicted octanol–water partition coefficient (Wildman–Crippen LogP) is 14.2. The van der Waals surface area contributed by atoms with Crippen LogP contribution in [0.25, 0.3) is 116 Å². The van der Waals surface area contributed by atoms with Gasteiger partial charge in [0.1, 0.15) is 0 Å². The van der Waals surface area contributed by atoms with Crippen LogP contribution in [0.4, 0.5) is 0 Å². The van der Waals surface area contributed by atoms with Crippen LogP contribution in [-0.4, -0.2) is 19.5 Å². The Labute approximate surface area is 340 Å². The van der Waals surface area contributed by atoms with Crippen LogP contribution in [0.3, 0.4) is 0 Å². The highest BCUT2D eigenvalue weighted by Crippen LogP contribution is 2.43. The molecule has 0 bridgehead atoms. The molecule has 0 fully saturated rings. The van der Waals surface area contributed by atoms with Gasteiger partial charge in [-0.2, -0.15) is 0 Å². The molecule has 12 rings (SSSR count). The molecule has 0 saturated heterocycles.